The van der Waals surface area contributed by atoms with Crippen molar-refractivity contribution >= 4 is 38.4 Å². The minimum atomic E-state index is -4.82. The Balaban J connectivity index is 1.83. The van der Waals surface area contributed by atoms with Crippen LogP contribution in [0.1, 0.15) is 33.4 Å². The van der Waals surface area contributed by atoms with Gasteiger partial charge in [0.2, 0.25) is 0 Å². The zero-order valence-corrected chi connectivity index (χ0v) is 20.3. The fourth-order valence-corrected chi connectivity index (χ4v) is 6.54. The third-order valence-electron chi connectivity index (χ3n) is 6.46. The van der Waals surface area contributed by atoms with Gasteiger partial charge in [-0.25, -0.2) is 12.7 Å². The Labute approximate surface area is 212 Å². The second-order valence-electron chi connectivity index (χ2n) is 8.47. The fourth-order valence-electron chi connectivity index (χ4n) is 4.81. The molecular formula is C27H20N2O7S. The second kappa shape index (κ2) is 9.14. The molecule has 0 fully saturated rings. The molecule has 0 saturated heterocycles. The van der Waals surface area contributed by atoms with Gasteiger partial charge in [-0.05, 0) is 40.1 Å². The van der Waals surface area contributed by atoms with Gasteiger partial charge < -0.3 is 4.74 Å². The van der Waals surface area contributed by atoms with Crippen molar-refractivity contribution in [3.8, 4) is 0 Å². The standard InChI is InChI=1S/C27H20N2O7S/c1-36-27(31)24-20-10-4-5-11-21(20)26(30)28(37(34,35)23-13-7-6-12-22(23)29(32)33)25(24)19-15-14-17-8-2-3-9-18(17)16-19/h2-16,24-25H,1H3/t24-,25+/m1/s1. The number of sulfonamides is 1. The maximum atomic E-state index is 14.1. The molecule has 9 nitrogen and oxygen atoms in total. The molecule has 1 aliphatic heterocycles. The Morgan fingerprint density at radius 2 is 1.57 bits per heavy atom. The number of benzene rings is 4. The lowest BCUT2D eigenvalue weighted by Gasteiger charge is -2.40. The van der Waals surface area contributed by atoms with Crippen molar-refractivity contribution in [2.24, 2.45) is 0 Å². The molecule has 5 rings (SSSR count). The van der Waals surface area contributed by atoms with Crippen molar-refractivity contribution in [1.29, 1.82) is 0 Å². The molecule has 0 saturated carbocycles. The Hall–Kier alpha value is -4.57. The number of methoxy groups -OCH3 is 1. The average Bonchev–Trinajstić information content (AvgIpc) is 2.92. The van der Waals surface area contributed by atoms with Gasteiger partial charge in [0, 0.05) is 11.6 Å². The SMILES string of the molecule is COC(=O)[C@@H]1c2ccccc2C(=O)N(S(=O)(=O)c2ccccc2[N+](=O)[O-])[C@H]1c1ccc2ccccc2c1. The van der Waals surface area contributed by atoms with Gasteiger partial charge in [-0.1, -0.05) is 66.7 Å². The second-order valence-corrected chi connectivity index (χ2v) is 10.3. The van der Waals surface area contributed by atoms with Crippen LogP contribution in [0.5, 0.6) is 0 Å². The Kier molecular flexibility index (Phi) is 5.96. The minimum absolute atomic E-state index is 0.00269. The number of rotatable bonds is 5. The first-order valence-corrected chi connectivity index (χ1v) is 12.7. The monoisotopic (exact) mass is 516 g/mol. The van der Waals surface area contributed by atoms with E-state index >= 15 is 0 Å². The van der Waals surface area contributed by atoms with Crippen LogP contribution >= 0.6 is 0 Å². The topological polar surface area (TPSA) is 124 Å². The third-order valence-corrected chi connectivity index (χ3v) is 8.28. The van der Waals surface area contributed by atoms with E-state index in [2.05, 4.69) is 0 Å². The highest BCUT2D eigenvalue weighted by Gasteiger charge is 2.51. The molecule has 10 heteroatoms. The maximum absolute atomic E-state index is 14.1. The molecule has 37 heavy (non-hydrogen) atoms. The molecule has 2 atom stereocenters. The highest BCUT2D eigenvalue weighted by Crippen LogP contribution is 2.47. The number of hydrogen-bond acceptors (Lipinski definition) is 7. The molecule has 4 aromatic rings. The van der Waals surface area contributed by atoms with Gasteiger partial charge >= 0.3 is 5.97 Å². The summed E-state index contributed by atoms with van der Waals surface area (Å²) in [5.41, 5.74) is -0.0104. The predicted molar refractivity (Wildman–Crippen MR) is 134 cm³/mol. The van der Waals surface area contributed by atoms with E-state index in [0.29, 0.717) is 15.4 Å². The number of carbonyl (C=O) groups is 2. The van der Waals surface area contributed by atoms with Gasteiger partial charge in [-0.2, -0.15) is 0 Å². The molecule has 0 aliphatic carbocycles. The van der Waals surface area contributed by atoms with Gasteiger partial charge in [0.25, 0.3) is 21.6 Å². The van der Waals surface area contributed by atoms with Crippen LogP contribution in [0.2, 0.25) is 0 Å². The van der Waals surface area contributed by atoms with Crippen LogP contribution in [-0.4, -0.2) is 36.6 Å². The number of carbonyl (C=O) groups excluding carboxylic acids is 2. The highest BCUT2D eigenvalue weighted by molar-refractivity contribution is 7.89. The van der Waals surface area contributed by atoms with Crippen LogP contribution < -0.4 is 0 Å². The molecule has 0 aromatic heterocycles. The van der Waals surface area contributed by atoms with Crippen molar-refractivity contribution in [2.45, 2.75) is 16.9 Å². The normalized spacial score (nSPS) is 17.3. The van der Waals surface area contributed by atoms with Gasteiger partial charge in [-0.15, -0.1) is 0 Å². The number of esters is 1. The van der Waals surface area contributed by atoms with Crippen LogP contribution in [0.25, 0.3) is 10.8 Å². The van der Waals surface area contributed by atoms with Gasteiger partial charge in [0.05, 0.1) is 18.1 Å². The summed E-state index contributed by atoms with van der Waals surface area (Å²) >= 11 is 0. The van der Waals surface area contributed by atoms with E-state index in [1.165, 1.54) is 25.3 Å². The Morgan fingerprint density at radius 1 is 0.919 bits per heavy atom. The lowest BCUT2D eigenvalue weighted by molar-refractivity contribution is -0.387. The summed E-state index contributed by atoms with van der Waals surface area (Å²) in [6.07, 6.45) is 0. The Bertz CT molecular complexity index is 1680. The van der Waals surface area contributed by atoms with Gasteiger partial charge in [0.15, 0.2) is 4.90 Å². The van der Waals surface area contributed by atoms with E-state index in [1.54, 1.807) is 36.4 Å². The lowest BCUT2D eigenvalue weighted by Crippen LogP contribution is -2.48. The summed E-state index contributed by atoms with van der Waals surface area (Å²) in [7, 11) is -3.64. The van der Waals surface area contributed by atoms with Gasteiger partial charge in [-0.3, -0.25) is 19.7 Å². The molecule has 1 heterocycles. The molecule has 4 aromatic carbocycles. The van der Waals surface area contributed by atoms with Gasteiger partial charge in [0.1, 0.15) is 5.92 Å². The van der Waals surface area contributed by atoms with E-state index in [9.17, 15) is 28.1 Å². The number of nitro benzene ring substituents is 1. The fraction of sp³-hybridized carbons (Fsp3) is 0.111. The smallest absolute Gasteiger partial charge is 0.315 e. The minimum Gasteiger partial charge on any atom is -0.468 e. The molecule has 0 radical (unpaired) electrons. The van der Waals surface area contributed by atoms with Crippen LogP contribution in [0, 0.1) is 10.1 Å². The summed E-state index contributed by atoms with van der Waals surface area (Å²) in [6, 6.07) is 22.1. The summed E-state index contributed by atoms with van der Waals surface area (Å²) in [5, 5.41) is 13.3. The number of hydrogen-bond donors (Lipinski definition) is 0. The van der Waals surface area contributed by atoms with E-state index in [0.717, 1.165) is 22.9 Å². The number of ether oxygens (including phenoxy) is 1. The summed E-state index contributed by atoms with van der Waals surface area (Å²) < 4.78 is 33.8. The molecule has 0 N–H and O–H groups in total. The number of nitrogens with zero attached hydrogens (tertiary/aromatic N) is 2. The van der Waals surface area contributed by atoms with Crippen molar-refractivity contribution in [3.05, 3.63) is 118 Å². The van der Waals surface area contributed by atoms with Crippen LogP contribution in [0.4, 0.5) is 5.69 Å². The average molecular weight is 517 g/mol. The molecule has 0 unspecified atom stereocenters. The first kappa shape index (κ1) is 24.1. The molecule has 1 aliphatic rings. The first-order chi connectivity index (χ1) is 17.8. The number of fused-ring (bicyclic) bond motifs is 2. The first-order valence-electron chi connectivity index (χ1n) is 11.2. The van der Waals surface area contributed by atoms with Crippen molar-refractivity contribution in [1.82, 2.24) is 4.31 Å². The van der Waals surface area contributed by atoms with E-state index in [1.807, 2.05) is 24.3 Å². The summed E-state index contributed by atoms with van der Waals surface area (Å²) in [6.45, 7) is 0. The van der Waals surface area contributed by atoms with E-state index in [4.69, 9.17) is 4.74 Å². The zero-order chi connectivity index (χ0) is 26.3. The quantitative estimate of drug-likeness (QED) is 0.216. The van der Waals surface area contributed by atoms with Crippen molar-refractivity contribution < 1.29 is 27.7 Å². The number of nitro groups is 1. The summed E-state index contributed by atoms with van der Waals surface area (Å²) in [4.78, 5) is 37.3. The van der Waals surface area contributed by atoms with Crippen LogP contribution in [-0.2, 0) is 19.6 Å². The molecule has 0 bridgehead atoms. The zero-order valence-electron chi connectivity index (χ0n) is 19.5. The van der Waals surface area contributed by atoms with E-state index in [-0.39, 0.29) is 5.56 Å². The van der Waals surface area contributed by atoms with E-state index < -0.39 is 49.4 Å². The van der Waals surface area contributed by atoms with Crippen LogP contribution in [0.3, 0.4) is 0 Å². The molecule has 186 valence electrons. The maximum Gasteiger partial charge on any atom is 0.315 e. The summed E-state index contributed by atoms with van der Waals surface area (Å²) in [5.74, 6) is -2.86. The van der Waals surface area contributed by atoms with Crippen LogP contribution in [0.15, 0.2) is 95.9 Å². The largest absolute Gasteiger partial charge is 0.468 e. The molecule has 1 amide bonds. The van der Waals surface area contributed by atoms with Crippen molar-refractivity contribution in [3.63, 3.8) is 0 Å². The van der Waals surface area contributed by atoms with Crippen molar-refractivity contribution in [2.75, 3.05) is 7.11 Å². The third kappa shape index (κ3) is 3.91. The molecule has 0 spiro atoms. The lowest BCUT2D eigenvalue weighted by atomic mass is 9.80. The highest BCUT2D eigenvalue weighted by atomic mass is 32.2. The number of amides is 1. The number of para-hydroxylation sites is 1. The Morgan fingerprint density at radius 3 is 2.30 bits per heavy atom. The predicted octanol–water partition coefficient (Wildman–Crippen LogP) is 4.59. The molecular weight excluding hydrogens is 496 g/mol.